The van der Waals surface area contributed by atoms with Gasteiger partial charge in [0.25, 0.3) is 0 Å². The van der Waals surface area contributed by atoms with Gasteiger partial charge in [-0.3, -0.25) is 4.79 Å². The van der Waals surface area contributed by atoms with Crippen LogP contribution in [0.3, 0.4) is 0 Å². The molecule has 2 atom stereocenters. The van der Waals surface area contributed by atoms with E-state index in [1.165, 1.54) is 0 Å². The zero-order valence-electron chi connectivity index (χ0n) is 6.89. The SMILES string of the molecule is O=C1CC(O)(C(=O)[O-])C(C(=O)[O-])O1.[Ca+2]. The molecule has 8 heteroatoms. The van der Waals surface area contributed by atoms with Gasteiger partial charge in [-0.05, 0) is 0 Å². The van der Waals surface area contributed by atoms with E-state index in [0.717, 1.165) is 0 Å². The van der Waals surface area contributed by atoms with Gasteiger partial charge in [0.05, 0.1) is 18.4 Å². The monoisotopic (exact) mass is 228 g/mol. The molecule has 0 bridgehead atoms. The van der Waals surface area contributed by atoms with Gasteiger partial charge < -0.3 is 29.6 Å². The molecule has 0 aromatic rings. The third-order valence-electron chi connectivity index (χ3n) is 1.66. The van der Waals surface area contributed by atoms with Crippen molar-refractivity contribution in [2.24, 2.45) is 0 Å². The summed E-state index contributed by atoms with van der Waals surface area (Å²) in [5.74, 6) is -5.18. The summed E-state index contributed by atoms with van der Waals surface area (Å²) in [6.45, 7) is 0. The van der Waals surface area contributed by atoms with Crippen LogP contribution in [0.25, 0.3) is 0 Å². The number of cyclic esters (lactones) is 1. The minimum absolute atomic E-state index is 0. The summed E-state index contributed by atoms with van der Waals surface area (Å²) >= 11 is 0. The Labute approximate surface area is 108 Å². The van der Waals surface area contributed by atoms with Crippen LogP contribution >= 0.6 is 0 Å². The number of aliphatic hydroxyl groups is 1. The minimum atomic E-state index is -2.82. The van der Waals surface area contributed by atoms with Crippen LogP contribution in [0.2, 0.25) is 0 Å². The summed E-state index contributed by atoms with van der Waals surface area (Å²) < 4.78 is 4.03. The Balaban J connectivity index is 0.00000169. The second-order valence-electron chi connectivity index (χ2n) is 2.58. The predicted molar refractivity (Wildman–Crippen MR) is 35.2 cm³/mol. The summed E-state index contributed by atoms with van der Waals surface area (Å²) in [5.41, 5.74) is -2.82. The Morgan fingerprint density at radius 3 is 2.29 bits per heavy atom. The average Bonchev–Trinajstić information content (AvgIpc) is 2.27. The van der Waals surface area contributed by atoms with Crippen LogP contribution in [0.1, 0.15) is 6.42 Å². The molecule has 14 heavy (non-hydrogen) atoms. The summed E-state index contributed by atoms with van der Waals surface area (Å²) in [7, 11) is 0. The minimum Gasteiger partial charge on any atom is -0.547 e. The number of carboxylic acid groups (broad SMARTS) is 2. The first-order valence-electron chi connectivity index (χ1n) is 3.22. The van der Waals surface area contributed by atoms with E-state index in [0.29, 0.717) is 0 Å². The third kappa shape index (κ3) is 2.17. The number of carbonyl (C=O) groups excluding carboxylic acids is 3. The molecule has 1 saturated heterocycles. The van der Waals surface area contributed by atoms with Crippen molar-refractivity contribution in [2.75, 3.05) is 0 Å². The number of ether oxygens (including phenoxy) is 1. The number of carboxylic acids is 2. The Morgan fingerprint density at radius 1 is 1.50 bits per heavy atom. The molecule has 1 N–H and O–H groups in total. The molecule has 1 heterocycles. The normalized spacial score (nSPS) is 30.4. The number of rotatable bonds is 2. The summed E-state index contributed by atoms with van der Waals surface area (Å²) in [6.07, 6.45) is -3.15. The van der Waals surface area contributed by atoms with E-state index < -0.39 is 36.0 Å². The van der Waals surface area contributed by atoms with Crippen molar-refractivity contribution in [1.82, 2.24) is 0 Å². The maximum Gasteiger partial charge on any atom is 2.00 e. The van der Waals surface area contributed by atoms with Crippen molar-refractivity contribution in [3.05, 3.63) is 0 Å². The summed E-state index contributed by atoms with van der Waals surface area (Å²) in [4.78, 5) is 31.0. The fourth-order valence-corrected chi connectivity index (χ4v) is 1.01. The molecule has 72 valence electrons. The van der Waals surface area contributed by atoms with Crippen molar-refractivity contribution in [2.45, 2.75) is 18.1 Å². The predicted octanol–water partition coefficient (Wildman–Crippen LogP) is -4.85. The van der Waals surface area contributed by atoms with E-state index >= 15 is 0 Å². The standard InChI is InChI=1S/C6H6O7.Ca/c7-2-1-6(12,5(10)11)3(13-2)4(8)9;/h3,12H,1H2,(H,8,9)(H,10,11);/q;+2/p-2. The van der Waals surface area contributed by atoms with Gasteiger partial charge in [-0.15, -0.1) is 0 Å². The molecule has 0 saturated carbocycles. The molecule has 2 unspecified atom stereocenters. The molecular formula is C6H4CaO7. The van der Waals surface area contributed by atoms with Gasteiger partial charge in [0, 0.05) is 0 Å². The van der Waals surface area contributed by atoms with Gasteiger partial charge >= 0.3 is 43.7 Å². The van der Waals surface area contributed by atoms with Crippen molar-refractivity contribution in [3.8, 4) is 0 Å². The summed E-state index contributed by atoms with van der Waals surface area (Å²) in [5, 5.41) is 29.7. The first-order valence-corrected chi connectivity index (χ1v) is 3.22. The smallest absolute Gasteiger partial charge is 0.547 e. The van der Waals surface area contributed by atoms with Gasteiger partial charge in [0.1, 0.15) is 0 Å². The maximum atomic E-state index is 10.5. The van der Waals surface area contributed by atoms with Crippen molar-refractivity contribution in [1.29, 1.82) is 0 Å². The zero-order chi connectivity index (χ0) is 10.2. The van der Waals surface area contributed by atoms with Crippen LogP contribution < -0.4 is 10.2 Å². The van der Waals surface area contributed by atoms with Gasteiger partial charge in [-0.25, -0.2) is 0 Å². The van der Waals surface area contributed by atoms with Crippen LogP contribution in [-0.4, -0.2) is 72.5 Å². The number of aliphatic carboxylic acids is 2. The molecular weight excluding hydrogens is 224 g/mol. The van der Waals surface area contributed by atoms with E-state index in [-0.39, 0.29) is 37.7 Å². The van der Waals surface area contributed by atoms with Crippen LogP contribution in [-0.2, 0) is 19.1 Å². The molecule has 0 aliphatic carbocycles. The number of hydrogen-bond acceptors (Lipinski definition) is 7. The first-order chi connectivity index (χ1) is 5.88. The number of esters is 1. The molecule has 1 fully saturated rings. The molecule has 0 aromatic heterocycles. The molecule has 7 nitrogen and oxygen atoms in total. The Kier molecular flexibility index (Phi) is 4.32. The molecule has 1 rings (SSSR count). The molecule has 0 radical (unpaired) electrons. The summed E-state index contributed by atoms with van der Waals surface area (Å²) in [6, 6.07) is 0. The van der Waals surface area contributed by atoms with Crippen LogP contribution in [0.15, 0.2) is 0 Å². The molecule has 1 aliphatic rings. The maximum absolute atomic E-state index is 10.5. The van der Waals surface area contributed by atoms with Crippen LogP contribution in [0, 0.1) is 0 Å². The second-order valence-corrected chi connectivity index (χ2v) is 2.58. The van der Waals surface area contributed by atoms with Crippen molar-refractivity contribution < 1.29 is 34.4 Å². The molecule has 0 amide bonds. The van der Waals surface area contributed by atoms with Crippen molar-refractivity contribution >= 4 is 55.6 Å². The molecule has 0 spiro atoms. The van der Waals surface area contributed by atoms with E-state index in [4.69, 9.17) is 5.11 Å². The van der Waals surface area contributed by atoms with Crippen LogP contribution in [0.5, 0.6) is 0 Å². The van der Waals surface area contributed by atoms with E-state index in [1.54, 1.807) is 0 Å². The Bertz CT molecular complexity index is 288. The zero-order valence-corrected chi connectivity index (χ0v) is 9.10. The number of carbonyl (C=O) groups is 3. The topological polar surface area (TPSA) is 127 Å². The quantitative estimate of drug-likeness (QED) is 0.371. The average molecular weight is 228 g/mol. The molecule has 1 aliphatic heterocycles. The van der Waals surface area contributed by atoms with Crippen molar-refractivity contribution in [3.63, 3.8) is 0 Å². The number of hydrogen-bond donors (Lipinski definition) is 1. The second kappa shape index (κ2) is 4.43. The Hall–Kier alpha value is -0.370. The third-order valence-corrected chi connectivity index (χ3v) is 1.66. The van der Waals surface area contributed by atoms with Gasteiger partial charge in [-0.1, -0.05) is 0 Å². The van der Waals surface area contributed by atoms with Gasteiger partial charge in [0.2, 0.25) is 0 Å². The van der Waals surface area contributed by atoms with Gasteiger partial charge in [-0.2, -0.15) is 0 Å². The molecule has 0 aromatic carbocycles. The van der Waals surface area contributed by atoms with E-state index in [1.807, 2.05) is 0 Å². The Morgan fingerprint density at radius 2 is 2.00 bits per heavy atom. The fraction of sp³-hybridized carbons (Fsp3) is 0.500. The fourth-order valence-electron chi connectivity index (χ4n) is 1.01. The van der Waals surface area contributed by atoms with Gasteiger partial charge in [0.15, 0.2) is 11.7 Å². The largest absolute Gasteiger partial charge is 2.00 e. The van der Waals surface area contributed by atoms with E-state index in [2.05, 4.69) is 4.74 Å². The van der Waals surface area contributed by atoms with E-state index in [9.17, 15) is 24.6 Å². The first kappa shape index (κ1) is 13.6. The van der Waals surface area contributed by atoms with Crippen LogP contribution in [0.4, 0.5) is 0 Å².